The first kappa shape index (κ1) is 22.3. The molecule has 0 saturated carbocycles. The number of benzene rings is 2. The Labute approximate surface area is 181 Å². The smallest absolute Gasteiger partial charge is 0.348 e. The molecule has 9 heteroatoms. The van der Waals surface area contributed by atoms with Crippen molar-refractivity contribution < 1.29 is 22.8 Å². The zero-order valence-electron chi connectivity index (χ0n) is 16.3. The summed E-state index contributed by atoms with van der Waals surface area (Å²) in [6.45, 7) is 1.14. The van der Waals surface area contributed by atoms with Crippen molar-refractivity contribution in [3.63, 3.8) is 0 Å². The first-order valence-electron chi connectivity index (χ1n) is 9.12. The van der Waals surface area contributed by atoms with E-state index in [4.69, 9.17) is 11.6 Å². The number of nitrogens with zero attached hydrogens (tertiary/aromatic N) is 1. The number of amides is 2. The first-order valence-corrected chi connectivity index (χ1v) is 9.50. The molecule has 0 saturated heterocycles. The van der Waals surface area contributed by atoms with E-state index >= 15 is 0 Å². The van der Waals surface area contributed by atoms with Crippen LogP contribution in [0.3, 0.4) is 0 Å². The monoisotopic (exact) mass is 447 g/mol. The SMILES string of the molecule is Cc1cccc(C(=O)NCc2cc(Cl)ccc2NC(=O)c2ccccn2)c1C(F)(F)F. The normalized spacial score (nSPS) is 11.1. The summed E-state index contributed by atoms with van der Waals surface area (Å²) in [6.07, 6.45) is -3.20. The van der Waals surface area contributed by atoms with Crippen LogP contribution in [0.5, 0.6) is 0 Å². The predicted octanol–water partition coefficient (Wildman–Crippen LogP) is 5.24. The molecule has 160 valence electrons. The van der Waals surface area contributed by atoms with Gasteiger partial charge in [0, 0.05) is 23.5 Å². The average molecular weight is 448 g/mol. The van der Waals surface area contributed by atoms with Crippen molar-refractivity contribution in [2.45, 2.75) is 19.6 Å². The van der Waals surface area contributed by atoms with Crippen LogP contribution >= 0.6 is 11.6 Å². The van der Waals surface area contributed by atoms with Gasteiger partial charge >= 0.3 is 6.18 Å². The van der Waals surface area contributed by atoms with E-state index in [-0.39, 0.29) is 17.8 Å². The van der Waals surface area contributed by atoms with Gasteiger partial charge in [-0.1, -0.05) is 29.8 Å². The lowest BCUT2D eigenvalue weighted by atomic mass is 10.0. The molecule has 1 aromatic heterocycles. The highest BCUT2D eigenvalue weighted by atomic mass is 35.5. The number of hydrogen-bond acceptors (Lipinski definition) is 3. The molecule has 3 aromatic rings. The van der Waals surface area contributed by atoms with Crippen molar-refractivity contribution in [2.75, 3.05) is 5.32 Å². The third kappa shape index (κ3) is 5.40. The number of aryl methyl sites for hydroxylation is 1. The van der Waals surface area contributed by atoms with Gasteiger partial charge in [0.2, 0.25) is 0 Å². The molecule has 0 aliphatic rings. The number of hydrogen-bond donors (Lipinski definition) is 2. The minimum atomic E-state index is -4.67. The minimum absolute atomic E-state index is 0.0498. The van der Waals surface area contributed by atoms with Crippen LogP contribution in [0.25, 0.3) is 0 Å². The maximum Gasteiger partial charge on any atom is 0.417 e. The highest BCUT2D eigenvalue weighted by Gasteiger charge is 2.36. The lowest BCUT2D eigenvalue weighted by Gasteiger charge is -2.16. The Hall–Kier alpha value is -3.39. The van der Waals surface area contributed by atoms with Crippen molar-refractivity contribution in [2.24, 2.45) is 0 Å². The number of alkyl halides is 3. The van der Waals surface area contributed by atoms with Gasteiger partial charge in [0.25, 0.3) is 11.8 Å². The summed E-state index contributed by atoms with van der Waals surface area (Å²) in [5.74, 6) is -1.37. The number of carbonyl (C=O) groups is 2. The zero-order chi connectivity index (χ0) is 22.6. The van der Waals surface area contributed by atoms with Gasteiger partial charge < -0.3 is 10.6 Å². The predicted molar refractivity (Wildman–Crippen MR) is 111 cm³/mol. The van der Waals surface area contributed by atoms with E-state index in [1.165, 1.54) is 37.4 Å². The maximum absolute atomic E-state index is 13.4. The number of aromatic nitrogens is 1. The van der Waals surface area contributed by atoms with Gasteiger partial charge in [-0.15, -0.1) is 0 Å². The largest absolute Gasteiger partial charge is 0.417 e. The third-order valence-electron chi connectivity index (χ3n) is 4.45. The van der Waals surface area contributed by atoms with E-state index in [1.807, 2.05) is 0 Å². The standard InChI is InChI=1S/C22H17ClF3N3O2/c1-13-5-4-6-16(19(13)22(24,25)26)20(30)28-12-14-11-15(23)8-9-17(14)29-21(31)18-7-2-3-10-27-18/h2-11H,12H2,1H3,(H,28,30)(H,29,31). The van der Waals surface area contributed by atoms with Crippen LogP contribution in [-0.4, -0.2) is 16.8 Å². The van der Waals surface area contributed by atoms with Gasteiger partial charge in [-0.3, -0.25) is 14.6 Å². The quantitative estimate of drug-likeness (QED) is 0.561. The van der Waals surface area contributed by atoms with E-state index < -0.39 is 29.1 Å². The lowest BCUT2D eigenvalue weighted by molar-refractivity contribution is -0.138. The maximum atomic E-state index is 13.4. The van der Waals surface area contributed by atoms with Gasteiger partial charge in [-0.05, 0) is 54.4 Å². The summed E-state index contributed by atoms with van der Waals surface area (Å²) in [5.41, 5.74) is -0.559. The van der Waals surface area contributed by atoms with Gasteiger partial charge in [0.15, 0.2) is 0 Å². The summed E-state index contributed by atoms with van der Waals surface area (Å²) < 4.78 is 40.2. The molecule has 2 amide bonds. The van der Waals surface area contributed by atoms with Gasteiger partial charge in [-0.25, -0.2) is 0 Å². The zero-order valence-corrected chi connectivity index (χ0v) is 17.0. The van der Waals surface area contributed by atoms with E-state index in [0.717, 1.165) is 6.07 Å². The Morgan fingerprint density at radius 3 is 2.48 bits per heavy atom. The van der Waals surface area contributed by atoms with Crippen LogP contribution in [0.4, 0.5) is 18.9 Å². The third-order valence-corrected chi connectivity index (χ3v) is 4.69. The summed E-state index contributed by atoms with van der Waals surface area (Å²) in [7, 11) is 0. The van der Waals surface area contributed by atoms with Gasteiger partial charge in [0.05, 0.1) is 11.1 Å². The number of nitrogens with one attached hydrogen (secondary N) is 2. The second kappa shape index (κ2) is 9.18. The number of halogens is 4. The molecule has 3 rings (SSSR count). The summed E-state index contributed by atoms with van der Waals surface area (Å²) in [4.78, 5) is 28.9. The number of pyridine rings is 1. The molecule has 0 atom stereocenters. The second-order valence-corrected chi connectivity index (χ2v) is 7.08. The molecular formula is C22H17ClF3N3O2. The Morgan fingerprint density at radius 1 is 1.03 bits per heavy atom. The second-order valence-electron chi connectivity index (χ2n) is 6.65. The van der Waals surface area contributed by atoms with Crippen LogP contribution in [0.2, 0.25) is 5.02 Å². The Kier molecular flexibility index (Phi) is 6.60. The Bertz CT molecular complexity index is 1120. The summed E-state index contributed by atoms with van der Waals surface area (Å²) in [5, 5.41) is 5.48. The van der Waals surface area contributed by atoms with Crippen LogP contribution < -0.4 is 10.6 Å². The molecule has 0 unspecified atom stereocenters. The Morgan fingerprint density at radius 2 is 1.81 bits per heavy atom. The minimum Gasteiger partial charge on any atom is -0.348 e. The molecular weight excluding hydrogens is 431 g/mol. The fourth-order valence-electron chi connectivity index (χ4n) is 3.02. The van der Waals surface area contributed by atoms with Crippen LogP contribution in [-0.2, 0) is 12.7 Å². The van der Waals surface area contributed by atoms with Crippen molar-refractivity contribution >= 4 is 29.1 Å². The number of carbonyl (C=O) groups excluding carboxylic acids is 2. The highest BCUT2D eigenvalue weighted by Crippen LogP contribution is 2.34. The molecule has 1 heterocycles. The van der Waals surface area contributed by atoms with Gasteiger partial charge in [0.1, 0.15) is 5.69 Å². The fraction of sp³-hybridized carbons (Fsp3) is 0.136. The van der Waals surface area contributed by atoms with Crippen LogP contribution in [0.15, 0.2) is 60.8 Å². The van der Waals surface area contributed by atoms with Crippen molar-refractivity contribution in [1.82, 2.24) is 10.3 Å². The van der Waals surface area contributed by atoms with Crippen LogP contribution in [0.1, 0.15) is 37.5 Å². The lowest BCUT2D eigenvalue weighted by Crippen LogP contribution is -2.27. The van der Waals surface area contributed by atoms with Gasteiger partial charge in [-0.2, -0.15) is 13.2 Å². The van der Waals surface area contributed by atoms with E-state index in [9.17, 15) is 22.8 Å². The molecule has 0 spiro atoms. The Balaban J connectivity index is 1.81. The molecule has 0 aliphatic carbocycles. The van der Waals surface area contributed by atoms with Crippen molar-refractivity contribution in [3.8, 4) is 0 Å². The van der Waals surface area contributed by atoms with E-state index in [2.05, 4.69) is 15.6 Å². The molecule has 31 heavy (non-hydrogen) atoms. The molecule has 0 aliphatic heterocycles. The molecule has 2 N–H and O–H groups in total. The van der Waals surface area contributed by atoms with Crippen molar-refractivity contribution in [1.29, 1.82) is 0 Å². The molecule has 2 aromatic carbocycles. The molecule has 0 radical (unpaired) electrons. The summed E-state index contributed by atoms with van der Waals surface area (Å²) >= 11 is 6.02. The number of anilines is 1. The molecule has 0 fully saturated rings. The van der Waals surface area contributed by atoms with E-state index in [1.54, 1.807) is 24.3 Å². The average Bonchev–Trinajstić information content (AvgIpc) is 2.73. The number of rotatable bonds is 5. The van der Waals surface area contributed by atoms with E-state index in [0.29, 0.717) is 16.3 Å². The highest BCUT2D eigenvalue weighted by molar-refractivity contribution is 6.30. The van der Waals surface area contributed by atoms with Crippen molar-refractivity contribution in [3.05, 3.63) is 93.8 Å². The topological polar surface area (TPSA) is 71.1 Å². The first-order chi connectivity index (χ1) is 14.7. The molecule has 0 bridgehead atoms. The molecule has 5 nitrogen and oxygen atoms in total. The fourth-order valence-corrected chi connectivity index (χ4v) is 3.21. The summed E-state index contributed by atoms with van der Waals surface area (Å²) in [6, 6.07) is 13.2. The van der Waals surface area contributed by atoms with Crippen LogP contribution in [0, 0.1) is 6.92 Å².